The molecule has 0 bridgehead atoms. The second kappa shape index (κ2) is 11.2. The maximum atomic E-state index is 3.84. The van der Waals surface area contributed by atoms with Crippen LogP contribution in [-0.4, -0.2) is 18.0 Å². The van der Waals surface area contributed by atoms with Crippen LogP contribution in [0.5, 0.6) is 0 Å². The number of nitrogens with zero attached hydrogens (tertiary/aromatic N) is 2. The first-order valence-corrected chi connectivity index (χ1v) is 15.5. The highest BCUT2D eigenvalue weighted by atomic mass is 15.3. The lowest BCUT2D eigenvalue weighted by atomic mass is 9.91. The summed E-state index contributed by atoms with van der Waals surface area (Å²) in [7, 11) is 2.21. The van der Waals surface area contributed by atoms with Gasteiger partial charge in [-0.2, -0.15) is 0 Å². The highest BCUT2D eigenvalue weighted by Gasteiger charge is 2.37. The standard InChI is InChI=1S/C41H35N3/c1-43-40(32-14-6-3-7-15-32)28-37(31-12-4-2-5-13-31)42-41(43)33-22-20-29(21-23-33)30-24-26-34(27-25-30)44-38-18-10-8-16-35(38)36-17-9-11-19-39(36)44/h2-28,35,38,40-42H,1H3. The largest absolute Gasteiger partial charge is 0.366 e. The molecule has 3 nitrogen and oxygen atoms in total. The van der Waals surface area contributed by atoms with E-state index in [1.807, 2.05) is 0 Å². The number of benzene rings is 5. The van der Waals surface area contributed by atoms with Crippen molar-refractivity contribution in [3.63, 3.8) is 0 Å². The zero-order valence-electron chi connectivity index (χ0n) is 24.8. The summed E-state index contributed by atoms with van der Waals surface area (Å²) in [6, 6.07) is 48.8. The maximum Gasteiger partial charge on any atom is 0.106 e. The molecule has 44 heavy (non-hydrogen) atoms. The summed E-state index contributed by atoms with van der Waals surface area (Å²) in [4.78, 5) is 4.90. The Kier molecular flexibility index (Phi) is 6.74. The molecule has 3 aliphatic rings. The smallest absolute Gasteiger partial charge is 0.106 e. The van der Waals surface area contributed by atoms with Crippen molar-refractivity contribution in [3.8, 4) is 11.1 Å². The SMILES string of the molecule is CN1C(c2ccccc2)C=C(c2ccccc2)NC1c1ccc(-c2ccc(N3c4ccccc4C4C=CC=CC43)cc2)cc1. The third-order valence-corrected chi connectivity index (χ3v) is 9.35. The second-order valence-electron chi connectivity index (χ2n) is 11.9. The number of rotatable bonds is 5. The van der Waals surface area contributed by atoms with Gasteiger partial charge in [-0.3, -0.25) is 4.90 Å². The van der Waals surface area contributed by atoms with Crippen LogP contribution in [0.2, 0.25) is 0 Å². The van der Waals surface area contributed by atoms with Crippen LogP contribution in [0, 0.1) is 0 Å². The Morgan fingerprint density at radius 2 is 1.20 bits per heavy atom. The van der Waals surface area contributed by atoms with Gasteiger partial charge >= 0.3 is 0 Å². The maximum absolute atomic E-state index is 3.84. The normalized spacial score (nSPS) is 22.2. The Hall–Kier alpha value is -5.12. The molecule has 0 saturated heterocycles. The summed E-state index contributed by atoms with van der Waals surface area (Å²) < 4.78 is 0. The van der Waals surface area contributed by atoms with Gasteiger partial charge in [0.25, 0.3) is 0 Å². The minimum Gasteiger partial charge on any atom is -0.366 e. The van der Waals surface area contributed by atoms with Gasteiger partial charge in [-0.25, -0.2) is 0 Å². The zero-order chi connectivity index (χ0) is 29.5. The average molecular weight is 570 g/mol. The molecule has 0 radical (unpaired) electrons. The monoisotopic (exact) mass is 569 g/mol. The van der Waals surface area contributed by atoms with E-state index >= 15 is 0 Å². The van der Waals surface area contributed by atoms with Crippen LogP contribution in [0.25, 0.3) is 16.8 Å². The molecule has 0 fully saturated rings. The number of hydrogen-bond donors (Lipinski definition) is 1. The second-order valence-corrected chi connectivity index (χ2v) is 11.9. The van der Waals surface area contributed by atoms with Crippen LogP contribution in [-0.2, 0) is 0 Å². The molecule has 5 aromatic rings. The summed E-state index contributed by atoms with van der Waals surface area (Å²) in [6.07, 6.45) is 11.4. The van der Waals surface area contributed by atoms with E-state index in [4.69, 9.17) is 0 Å². The lowest BCUT2D eigenvalue weighted by Gasteiger charge is -2.40. The summed E-state index contributed by atoms with van der Waals surface area (Å²) in [5.41, 5.74) is 11.3. The molecule has 2 heterocycles. The first kappa shape index (κ1) is 26.5. The molecule has 0 amide bonds. The molecule has 0 aromatic heterocycles. The van der Waals surface area contributed by atoms with E-state index in [9.17, 15) is 0 Å². The first-order valence-electron chi connectivity index (χ1n) is 15.5. The van der Waals surface area contributed by atoms with Crippen LogP contribution in [0.3, 0.4) is 0 Å². The van der Waals surface area contributed by atoms with E-state index in [0.717, 1.165) is 5.70 Å². The summed E-state index contributed by atoms with van der Waals surface area (Å²) in [6.45, 7) is 0. The first-order chi connectivity index (χ1) is 21.7. The van der Waals surface area contributed by atoms with Gasteiger partial charge < -0.3 is 10.2 Å². The predicted molar refractivity (Wildman–Crippen MR) is 183 cm³/mol. The van der Waals surface area contributed by atoms with Gasteiger partial charge in [0.15, 0.2) is 0 Å². The van der Waals surface area contributed by atoms with Crippen LogP contribution in [0.4, 0.5) is 11.4 Å². The molecule has 1 aliphatic carbocycles. The van der Waals surface area contributed by atoms with E-state index in [-0.39, 0.29) is 12.2 Å². The number of hydrogen-bond acceptors (Lipinski definition) is 3. The minimum atomic E-state index is 0.0395. The van der Waals surface area contributed by atoms with Crippen LogP contribution in [0.15, 0.2) is 164 Å². The Morgan fingerprint density at radius 3 is 1.95 bits per heavy atom. The van der Waals surface area contributed by atoms with Crippen molar-refractivity contribution >= 4 is 17.1 Å². The van der Waals surface area contributed by atoms with E-state index in [1.54, 1.807) is 0 Å². The molecule has 5 aromatic carbocycles. The fourth-order valence-electron chi connectivity index (χ4n) is 7.09. The number of nitrogens with one attached hydrogen (secondary N) is 1. The van der Waals surface area contributed by atoms with Crippen molar-refractivity contribution in [2.24, 2.45) is 0 Å². The highest BCUT2D eigenvalue weighted by Crippen LogP contribution is 2.47. The molecule has 1 N–H and O–H groups in total. The number of likely N-dealkylation sites (N-methyl/N-ethyl adjacent to an activating group) is 1. The molecule has 8 rings (SSSR count). The van der Waals surface area contributed by atoms with Crippen molar-refractivity contribution < 1.29 is 0 Å². The Balaban J connectivity index is 1.07. The Labute approximate surface area is 260 Å². The highest BCUT2D eigenvalue weighted by molar-refractivity contribution is 5.77. The molecule has 2 aliphatic heterocycles. The fourth-order valence-corrected chi connectivity index (χ4v) is 7.09. The Morgan fingerprint density at radius 1 is 0.568 bits per heavy atom. The van der Waals surface area contributed by atoms with E-state index in [1.165, 1.54) is 44.8 Å². The van der Waals surface area contributed by atoms with E-state index in [0.29, 0.717) is 12.0 Å². The summed E-state index contributed by atoms with van der Waals surface area (Å²) in [5.74, 6) is 0.397. The van der Waals surface area contributed by atoms with E-state index < -0.39 is 0 Å². The van der Waals surface area contributed by atoms with Gasteiger partial charge in [0, 0.05) is 23.0 Å². The van der Waals surface area contributed by atoms with Gasteiger partial charge in [0.05, 0.1) is 12.1 Å². The third-order valence-electron chi connectivity index (χ3n) is 9.35. The molecule has 214 valence electrons. The van der Waals surface area contributed by atoms with Crippen molar-refractivity contribution in [1.82, 2.24) is 10.2 Å². The van der Waals surface area contributed by atoms with Crippen LogP contribution >= 0.6 is 0 Å². The zero-order valence-corrected chi connectivity index (χ0v) is 24.8. The lowest BCUT2D eigenvalue weighted by Crippen LogP contribution is -2.41. The quantitative estimate of drug-likeness (QED) is 0.227. The van der Waals surface area contributed by atoms with Crippen LogP contribution < -0.4 is 10.2 Å². The number of fused-ring (bicyclic) bond motifs is 3. The molecule has 0 saturated carbocycles. The number of para-hydroxylation sites is 1. The fraction of sp³-hybridized carbons (Fsp3) is 0.122. The summed E-state index contributed by atoms with van der Waals surface area (Å²) in [5, 5.41) is 3.84. The molecule has 3 heteroatoms. The minimum absolute atomic E-state index is 0.0395. The van der Waals surface area contributed by atoms with Crippen molar-refractivity contribution in [2.45, 2.75) is 24.2 Å². The molecule has 0 spiro atoms. The molecular formula is C41H35N3. The van der Waals surface area contributed by atoms with Gasteiger partial charge in [0.2, 0.25) is 0 Å². The van der Waals surface area contributed by atoms with Crippen molar-refractivity contribution in [3.05, 3.63) is 186 Å². The van der Waals surface area contributed by atoms with E-state index in [2.05, 4.69) is 186 Å². The van der Waals surface area contributed by atoms with Gasteiger partial charge in [0.1, 0.15) is 6.17 Å². The van der Waals surface area contributed by atoms with Gasteiger partial charge in [-0.05, 0) is 64.7 Å². The number of allylic oxidation sites excluding steroid dienone is 2. The average Bonchev–Trinajstić information content (AvgIpc) is 3.44. The molecule has 4 unspecified atom stereocenters. The molecule has 4 atom stereocenters. The number of anilines is 2. The predicted octanol–water partition coefficient (Wildman–Crippen LogP) is 9.40. The van der Waals surface area contributed by atoms with Gasteiger partial charge in [-0.1, -0.05) is 140 Å². The van der Waals surface area contributed by atoms with Crippen molar-refractivity contribution in [1.29, 1.82) is 0 Å². The molecular weight excluding hydrogens is 534 g/mol. The Bertz CT molecular complexity index is 1850. The summed E-state index contributed by atoms with van der Waals surface area (Å²) >= 11 is 0. The third kappa shape index (κ3) is 4.67. The topological polar surface area (TPSA) is 18.5 Å². The van der Waals surface area contributed by atoms with Crippen LogP contribution in [0.1, 0.15) is 40.4 Å². The van der Waals surface area contributed by atoms with Gasteiger partial charge in [-0.15, -0.1) is 0 Å². The van der Waals surface area contributed by atoms with Crippen molar-refractivity contribution in [2.75, 3.05) is 11.9 Å². The lowest BCUT2D eigenvalue weighted by molar-refractivity contribution is 0.176.